The SMILES string of the molecule is COCCNCc1cccn1CC(C)CO. The Morgan fingerprint density at radius 1 is 1.56 bits per heavy atom. The molecule has 4 heteroatoms. The van der Waals surface area contributed by atoms with Gasteiger partial charge in [-0.2, -0.15) is 0 Å². The monoisotopic (exact) mass is 226 g/mol. The van der Waals surface area contributed by atoms with Crippen LogP contribution in [0.15, 0.2) is 18.3 Å². The molecule has 0 bridgehead atoms. The molecule has 92 valence electrons. The average Bonchev–Trinajstić information content (AvgIpc) is 2.72. The summed E-state index contributed by atoms with van der Waals surface area (Å²) < 4.78 is 7.15. The highest BCUT2D eigenvalue weighted by molar-refractivity contribution is 5.07. The number of ether oxygens (including phenoxy) is 1. The van der Waals surface area contributed by atoms with Crippen molar-refractivity contribution in [1.29, 1.82) is 0 Å². The van der Waals surface area contributed by atoms with Crippen LogP contribution in [0.3, 0.4) is 0 Å². The number of aliphatic hydroxyl groups is 1. The Hall–Kier alpha value is -0.840. The standard InChI is InChI=1S/C12H22N2O2/c1-11(10-15)9-14-6-3-4-12(14)8-13-5-7-16-2/h3-4,6,11,13,15H,5,7-10H2,1-2H3. The fourth-order valence-corrected chi connectivity index (χ4v) is 1.57. The van der Waals surface area contributed by atoms with Gasteiger partial charge in [0.05, 0.1) is 6.61 Å². The molecule has 0 fully saturated rings. The molecule has 1 rings (SSSR count). The summed E-state index contributed by atoms with van der Waals surface area (Å²) in [6, 6.07) is 4.14. The van der Waals surface area contributed by atoms with Crippen molar-refractivity contribution in [3.8, 4) is 0 Å². The minimum atomic E-state index is 0.231. The second kappa shape index (κ2) is 7.44. The fourth-order valence-electron chi connectivity index (χ4n) is 1.57. The van der Waals surface area contributed by atoms with E-state index >= 15 is 0 Å². The maximum absolute atomic E-state index is 9.03. The van der Waals surface area contributed by atoms with Crippen LogP contribution in [0, 0.1) is 5.92 Å². The first-order chi connectivity index (χ1) is 7.77. The number of methoxy groups -OCH3 is 1. The number of nitrogens with one attached hydrogen (secondary N) is 1. The molecule has 1 atom stereocenters. The van der Waals surface area contributed by atoms with Crippen LogP contribution >= 0.6 is 0 Å². The van der Waals surface area contributed by atoms with E-state index < -0.39 is 0 Å². The third kappa shape index (κ3) is 4.35. The van der Waals surface area contributed by atoms with Gasteiger partial charge in [-0.1, -0.05) is 6.92 Å². The zero-order chi connectivity index (χ0) is 11.8. The van der Waals surface area contributed by atoms with Gasteiger partial charge in [-0.25, -0.2) is 0 Å². The minimum Gasteiger partial charge on any atom is -0.396 e. The highest BCUT2D eigenvalue weighted by Gasteiger charge is 2.04. The van der Waals surface area contributed by atoms with Crippen LogP contribution in [0.2, 0.25) is 0 Å². The van der Waals surface area contributed by atoms with E-state index in [2.05, 4.69) is 22.1 Å². The molecule has 2 N–H and O–H groups in total. The third-order valence-corrected chi connectivity index (χ3v) is 2.53. The number of nitrogens with zero attached hydrogens (tertiary/aromatic N) is 1. The fraction of sp³-hybridized carbons (Fsp3) is 0.667. The smallest absolute Gasteiger partial charge is 0.0587 e. The van der Waals surface area contributed by atoms with Crippen molar-refractivity contribution in [3.05, 3.63) is 24.0 Å². The van der Waals surface area contributed by atoms with Gasteiger partial charge in [0, 0.05) is 45.2 Å². The van der Waals surface area contributed by atoms with Crippen LogP contribution in [-0.2, 0) is 17.8 Å². The van der Waals surface area contributed by atoms with Crippen molar-refractivity contribution < 1.29 is 9.84 Å². The predicted molar refractivity (Wildman–Crippen MR) is 64.3 cm³/mol. The van der Waals surface area contributed by atoms with Crippen molar-refractivity contribution in [3.63, 3.8) is 0 Å². The van der Waals surface area contributed by atoms with E-state index in [1.807, 2.05) is 13.0 Å². The molecule has 0 radical (unpaired) electrons. The Balaban J connectivity index is 2.38. The van der Waals surface area contributed by atoms with E-state index in [1.54, 1.807) is 7.11 Å². The van der Waals surface area contributed by atoms with E-state index in [4.69, 9.17) is 9.84 Å². The number of aliphatic hydroxyl groups excluding tert-OH is 1. The lowest BCUT2D eigenvalue weighted by Crippen LogP contribution is -2.21. The van der Waals surface area contributed by atoms with E-state index in [1.165, 1.54) is 5.69 Å². The second-order valence-corrected chi connectivity index (χ2v) is 4.11. The second-order valence-electron chi connectivity index (χ2n) is 4.11. The van der Waals surface area contributed by atoms with Crippen molar-refractivity contribution >= 4 is 0 Å². The lowest BCUT2D eigenvalue weighted by atomic mass is 10.2. The van der Waals surface area contributed by atoms with E-state index in [0.717, 1.165) is 26.2 Å². The molecule has 0 aromatic carbocycles. The van der Waals surface area contributed by atoms with E-state index in [9.17, 15) is 0 Å². The summed E-state index contributed by atoms with van der Waals surface area (Å²) in [5, 5.41) is 12.3. The van der Waals surface area contributed by atoms with Crippen molar-refractivity contribution in [2.45, 2.75) is 20.0 Å². The summed E-state index contributed by atoms with van der Waals surface area (Å²) in [7, 11) is 1.70. The first kappa shape index (κ1) is 13.2. The molecule has 0 saturated heterocycles. The van der Waals surface area contributed by atoms with E-state index in [-0.39, 0.29) is 6.61 Å². The summed E-state index contributed by atoms with van der Waals surface area (Å²) in [5.41, 5.74) is 1.25. The normalized spacial score (nSPS) is 12.9. The zero-order valence-corrected chi connectivity index (χ0v) is 10.1. The van der Waals surface area contributed by atoms with Crippen LogP contribution in [0.4, 0.5) is 0 Å². The molecule has 1 aromatic heterocycles. The Labute approximate surface area is 97.2 Å². The molecule has 0 aliphatic rings. The maximum Gasteiger partial charge on any atom is 0.0587 e. The van der Waals surface area contributed by atoms with Crippen LogP contribution in [0.1, 0.15) is 12.6 Å². The lowest BCUT2D eigenvalue weighted by molar-refractivity contribution is 0.198. The Kier molecular flexibility index (Phi) is 6.15. The van der Waals surface area contributed by atoms with Gasteiger partial charge in [0.2, 0.25) is 0 Å². The maximum atomic E-state index is 9.03. The number of rotatable bonds is 8. The highest BCUT2D eigenvalue weighted by Crippen LogP contribution is 2.06. The van der Waals surface area contributed by atoms with Crippen molar-refractivity contribution in [1.82, 2.24) is 9.88 Å². The molecule has 0 amide bonds. The molecular formula is C12H22N2O2. The molecule has 1 aromatic rings. The molecular weight excluding hydrogens is 204 g/mol. The molecule has 0 saturated carbocycles. The van der Waals surface area contributed by atoms with Crippen molar-refractivity contribution in [2.75, 3.05) is 26.9 Å². The summed E-state index contributed by atoms with van der Waals surface area (Å²) in [6.45, 7) is 5.57. The molecule has 4 nitrogen and oxygen atoms in total. The Morgan fingerprint density at radius 3 is 3.06 bits per heavy atom. The van der Waals surface area contributed by atoms with Crippen LogP contribution in [0.5, 0.6) is 0 Å². The van der Waals surface area contributed by atoms with Crippen LogP contribution in [0.25, 0.3) is 0 Å². The Morgan fingerprint density at radius 2 is 2.38 bits per heavy atom. The van der Waals surface area contributed by atoms with Crippen molar-refractivity contribution in [2.24, 2.45) is 5.92 Å². The highest BCUT2D eigenvalue weighted by atomic mass is 16.5. The van der Waals surface area contributed by atoms with Gasteiger partial charge in [0.1, 0.15) is 0 Å². The summed E-state index contributed by atoms with van der Waals surface area (Å²) in [4.78, 5) is 0. The molecule has 0 aliphatic heterocycles. The third-order valence-electron chi connectivity index (χ3n) is 2.53. The molecule has 0 spiro atoms. The quantitative estimate of drug-likeness (QED) is 0.646. The van der Waals surface area contributed by atoms with Gasteiger partial charge >= 0.3 is 0 Å². The van der Waals surface area contributed by atoms with Gasteiger partial charge in [0.15, 0.2) is 0 Å². The summed E-state index contributed by atoms with van der Waals surface area (Å²) in [6.07, 6.45) is 2.06. The topological polar surface area (TPSA) is 46.4 Å². The van der Waals surface area contributed by atoms with Gasteiger partial charge < -0.3 is 19.7 Å². The molecule has 0 aliphatic carbocycles. The molecule has 16 heavy (non-hydrogen) atoms. The largest absolute Gasteiger partial charge is 0.396 e. The van der Waals surface area contributed by atoms with Crippen LogP contribution < -0.4 is 5.32 Å². The molecule has 1 heterocycles. The number of hydrogen-bond donors (Lipinski definition) is 2. The van der Waals surface area contributed by atoms with Gasteiger partial charge in [-0.15, -0.1) is 0 Å². The summed E-state index contributed by atoms with van der Waals surface area (Å²) in [5.74, 6) is 0.296. The Bertz CT molecular complexity index is 286. The lowest BCUT2D eigenvalue weighted by Gasteiger charge is -2.13. The predicted octanol–water partition coefficient (Wildman–Crippen LogP) is 0.852. The zero-order valence-electron chi connectivity index (χ0n) is 10.1. The number of hydrogen-bond acceptors (Lipinski definition) is 3. The minimum absolute atomic E-state index is 0.231. The van der Waals surface area contributed by atoms with Gasteiger partial charge in [-0.3, -0.25) is 0 Å². The molecule has 1 unspecified atom stereocenters. The average molecular weight is 226 g/mol. The first-order valence-corrected chi connectivity index (χ1v) is 5.72. The van der Waals surface area contributed by atoms with Crippen LogP contribution in [-0.4, -0.2) is 36.5 Å². The van der Waals surface area contributed by atoms with E-state index in [0.29, 0.717) is 5.92 Å². The van der Waals surface area contributed by atoms with Gasteiger partial charge in [0.25, 0.3) is 0 Å². The van der Waals surface area contributed by atoms with Gasteiger partial charge in [-0.05, 0) is 18.1 Å². The first-order valence-electron chi connectivity index (χ1n) is 5.72. The number of aromatic nitrogens is 1. The summed E-state index contributed by atoms with van der Waals surface area (Å²) >= 11 is 0.